The number of aromatic nitrogens is 2. The summed E-state index contributed by atoms with van der Waals surface area (Å²) in [5.74, 6) is 1.84. The van der Waals surface area contributed by atoms with E-state index in [0.29, 0.717) is 29.8 Å². The number of hydrogen-bond acceptors (Lipinski definition) is 4. The summed E-state index contributed by atoms with van der Waals surface area (Å²) in [6, 6.07) is 3.50. The molecule has 0 saturated carbocycles. The van der Waals surface area contributed by atoms with Gasteiger partial charge >= 0.3 is 0 Å². The molecule has 1 aliphatic rings. The minimum atomic E-state index is 0.426. The number of ether oxygens (including phenoxy) is 2. The van der Waals surface area contributed by atoms with Crippen LogP contribution in [0.15, 0.2) is 12.1 Å². The Kier molecular flexibility index (Phi) is 2.56. The minimum absolute atomic E-state index is 0.426. The van der Waals surface area contributed by atoms with Gasteiger partial charge in [-0.3, -0.25) is 5.10 Å². The lowest BCUT2D eigenvalue weighted by atomic mass is 10.0. The number of hydrogen-bond donors (Lipinski definition) is 2. The van der Waals surface area contributed by atoms with Crippen molar-refractivity contribution in [3.63, 3.8) is 0 Å². The smallest absolute Gasteiger partial charge is 0.165 e. The molecule has 1 aromatic carbocycles. The van der Waals surface area contributed by atoms with E-state index in [9.17, 15) is 0 Å². The largest absolute Gasteiger partial charge is 0.486 e. The van der Waals surface area contributed by atoms with Crippen LogP contribution in [0.5, 0.6) is 11.5 Å². The Morgan fingerprint density at radius 3 is 2.83 bits per heavy atom. The van der Waals surface area contributed by atoms with E-state index in [1.807, 2.05) is 6.92 Å². The van der Waals surface area contributed by atoms with E-state index in [0.717, 1.165) is 22.6 Å². The molecule has 1 aromatic heterocycles. The Labute approximate surface area is 109 Å². The summed E-state index contributed by atoms with van der Waals surface area (Å²) in [6.45, 7) is 3.02. The molecule has 0 unspecified atom stereocenters. The van der Waals surface area contributed by atoms with Gasteiger partial charge in [-0.1, -0.05) is 11.6 Å². The molecule has 18 heavy (non-hydrogen) atoms. The van der Waals surface area contributed by atoms with E-state index in [-0.39, 0.29) is 0 Å². The van der Waals surface area contributed by atoms with Crippen molar-refractivity contribution in [2.24, 2.45) is 0 Å². The minimum Gasteiger partial charge on any atom is -0.486 e. The molecule has 0 amide bonds. The van der Waals surface area contributed by atoms with Gasteiger partial charge in [-0.15, -0.1) is 0 Å². The van der Waals surface area contributed by atoms with Crippen LogP contribution >= 0.6 is 11.6 Å². The summed E-state index contributed by atoms with van der Waals surface area (Å²) in [4.78, 5) is 0. The molecule has 0 aliphatic carbocycles. The van der Waals surface area contributed by atoms with Gasteiger partial charge in [-0.25, -0.2) is 0 Å². The molecule has 6 heteroatoms. The normalized spacial score (nSPS) is 13.7. The fourth-order valence-corrected chi connectivity index (χ4v) is 2.45. The zero-order valence-electron chi connectivity index (χ0n) is 9.79. The number of nitrogens with zero attached hydrogens (tertiary/aromatic N) is 1. The number of halogens is 1. The molecule has 0 atom stereocenters. The van der Waals surface area contributed by atoms with Crippen LogP contribution in [-0.2, 0) is 0 Å². The highest BCUT2D eigenvalue weighted by atomic mass is 35.5. The average Bonchev–Trinajstić information content (AvgIpc) is 2.76. The fourth-order valence-electron chi connectivity index (χ4n) is 2.11. The molecule has 0 bridgehead atoms. The molecule has 0 fully saturated rings. The molecule has 5 nitrogen and oxygen atoms in total. The molecule has 0 saturated heterocycles. The molecule has 3 N–H and O–H groups in total. The number of anilines is 1. The number of nitrogens with one attached hydrogen (secondary N) is 1. The maximum atomic E-state index is 6.29. The monoisotopic (exact) mass is 265 g/mol. The van der Waals surface area contributed by atoms with Gasteiger partial charge < -0.3 is 15.2 Å². The van der Waals surface area contributed by atoms with E-state index in [2.05, 4.69) is 10.2 Å². The van der Waals surface area contributed by atoms with E-state index >= 15 is 0 Å². The molecular formula is C12H12ClN3O2. The maximum absolute atomic E-state index is 6.29. The standard InChI is InChI=1S/C12H12ClN3O2/c1-6-11(8-5-10(14)16-15-8)7(13)4-9-12(6)18-3-2-17-9/h4-5H,2-3H2,1H3,(H3,14,15,16). The summed E-state index contributed by atoms with van der Waals surface area (Å²) in [6.07, 6.45) is 0. The highest BCUT2D eigenvalue weighted by Crippen LogP contribution is 2.43. The van der Waals surface area contributed by atoms with Crippen LogP contribution < -0.4 is 15.2 Å². The van der Waals surface area contributed by atoms with E-state index < -0.39 is 0 Å². The van der Waals surface area contributed by atoms with E-state index in [4.69, 9.17) is 26.8 Å². The zero-order chi connectivity index (χ0) is 12.7. The fraction of sp³-hybridized carbons (Fsp3) is 0.250. The summed E-state index contributed by atoms with van der Waals surface area (Å²) in [5.41, 5.74) is 8.14. The van der Waals surface area contributed by atoms with E-state index in [1.54, 1.807) is 12.1 Å². The SMILES string of the molecule is Cc1c2c(cc(Cl)c1-c1cc(N)n[nH]1)OCCO2. The van der Waals surface area contributed by atoms with Crippen molar-refractivity contribution in [2.75, 3.05) is 18.9 Å². The molecule has 3 rings (SSSR count). The van der Waals surface area contributed by atoms with Crippen molar-refractivity contribution in [2.45, 2.75) is 6.92 Å². The van der Waals surface area contributed by atoms with Crippen LogP contribution in [0.3, 0.4) is 0 Å². The first kappa shape index (κ1) is 11.2. The van der Waals surface area contributed by atoms with Crippen molar-refractivity contribution in [3.05, 3.63) is 22.7 Å². The van der Waals surface area contributed by atoms with Crippen LogP contribution in [-0.4, -0.2) is 23.4 Å². The quantitative estimate of drug-likeness (QED) is 0.830. The lowest BCUT2D eigenvalue weighted by molar-refractivity contribution is 0.170. The van der Waals surface area contributed by atoms with Gasteiger partial charge in [0, 0.05) is 23.3 Å². The first-order valence-corrected chi connectivity index (χ1v) is 5.94. The van der Waals surface area contributed by atoms with Crippen molar-refractivity contribution in [1.29, 1.82) is 0 Å². The molecule has 0 radical (unpaired) electrons. The van der Waals surface area contributed by atoms with Crippen LogP contribution in [0, 0.1) is 6.92 Å². The molecule has 94 valence electrons. The molecule has 0 spiro atoms. The molecular weight excluding hydrogens is 254 g/mol. The van der Waals surface area contributed by atoms with Crippen LogP contribution in [0.4, 0.5) is 5.82 Å². The molecule has 1 aliphatic heterocycles. The maximum Gasteiger partial charge on any atom is 0.165 e. The van der Waals surface area contributed by atoms with Gasteiger partial charge in [0.1, 0.15) is 19.0 Å². The third-order valence-electron chi connectivity index (χ3n) is 2.89. The van der Waals surface area contributed by atoms with Crippen molar-refractivity contribution in [1.82, 2.24) is 10.2 Å². The second-order valence-corrected chi connectivity index (χ2v) is 4.50. The van der Waals surface area contributed by atoms with Crippen LogP contribution in [0.25, 0.3) is 11.3 Å². The van der Waals surface area contributed by atoms with Gasteiger partial charge in [-0.2, -0.15) is 5.10 Å². The number of rotatable bonds is 1. The van der Waals surface area contributed by atoms with Gasteiger partial charge in [0.15, 0.2) is 11.5 Å². The lowest BCUT2D eigenvalue weighted by Crippen LogP contribution is -2.16. The van der Waals surface area contributed by atoms with Crippen LogP contribution in [0.2, 0.25) is 5.02 Å². The lowest BCUT2D eigenvalue weighted by Gasteiger charge is -2.22. The second kappa shape index (κ2) is 4.10. The predicted molar refractivity (Wildman–Crippen MR) is 69.2 cm³/mol. The van der Waals surface area contributed by atoms with Crippen molar-refractivity contribution < 1.29 is 9.47 Å². The Balaban J connectivity index is 2.20. The average molecular weight is 266 g/mol. The number of H-pyrrole nitrogens is 1. The Morgan fingerprint density at radius 1 is 1.33 bits per heavy atom. The van der Waals surface area contributed by atoms with Gasteiger partial charge in [0.05, 0.1) is 10.7 Å². The zero-order valence-corrected chi connectivity index (χ0v) is 10.5. The first-order valence-electron chi connectivity index (χ1n) is 5.57. The predicted octanol–water partition coefficient (Wildman–Crippen LogP) is 2.39. The molecule has 2 aromatic rings. The van der Waals surface area contributed by atoms with Crippen molar-refractivity contribution >= 4 is 17.4 Å². The summed E-state index contributed by atoms with van der Waals surface area (Å²) >= 11 is 6.29. The Hall–Kier alpha value is -1.88. The third kappa shape index (κ3) is 1.67. The number of nitrogens with two attached hydrogens (primary N) is 1. The number of aromatic amines is 1. The number of fused-ring (bicyclic) bond motifs is 1. The highest BCUT2D eigenvalue weighted by Gasteiger charge is 2.21. The second-order valence-electron chi connectivity index (χ2n) is 4.09. The van der Waals surface area contributed by atoms with Crippen LogP contribution in [0.1, 0.15) is 5.56 Å². The Bertz CT molecular complexity index is 610. The summed E-state index contributed by atoms with van der Waals surface area (Å²) in [5, 5.41) is 7.35. The topological polar surface area (TPSA) is 73.2 Å². The highest BCUT2D eigenvalue weighted by molar-refractivity contribution is 6.33. The number of nitrogen functional groups attached to an aromatic ring is 1. The molecule has 2 heterocycles. The summed E-state index contributed by atoms with van der Waals surface area (Å²) in [7, 11) is 0. The summed E-state index contributed by atoms with van der Waals surface area (Å²) < 4.78 is 11.2. The number of benzene rings is 1. The van der Waals surface area contributed by atoms with E-state index in [1.165, 1.54) is 0 Å². The van der Waals surface area contributed by atoms with Crippen molar-refractivity contribution in [3.8, 4) is 22.8 Å². The van der Waals surface area contributed by atoms with Gasteiger partial charge in [0.25, 0.3) is 0 Å². The first-order chi connectivity index (χ1) is 8.66. The Morgan fingerprint density at radius 2 is 2.11 bits per heavy atom. The van der Waals surface area contributed by atoms with Gasteiger partial charge in [0.2, 0.25) is 0 Å². The third-order valence-corrected chi connectivity index (χ3v) is 3.19. The van der Waals surface area contributed by atoms with Gasteiger partial charge in [-0.05, 0) is 6.92 Å².